The molecule has 1 aromatic carbocycles. The summed E-state index contributed by atoms with van der Waals surface area (Å²) in [6, 6.07) is 9.69. The number of para-hydroxylation sites is 1. The lowest BCUT2D eigenvalue weighted by Crippen LogP contribution is -2.39. The number of hydrogen-bond acceptors (Lipinski definition) is 3. The van der Waals surface area contributed by atoms with Crippen molar-refractivity contribution in [1.29, 1.82) is 5.26 Å². The van der Waals surface area contributed by atoms with Gasteiger partial charge in [-0.05, 0) is 32.0 Å². The van der Waals surface area contributed by atoms with Crippen LogP contribution >= 0.6 is 0 Å². The first-order chi connectivity index (χ1) is 9.70. The summed E-state index contributed by atoms with van der Waals surface area (Å²) in [5.41, 5.74) is 1.10. The molecule has 0 bridgehead atoms. The van der Waals surface area contributed by atoms with Crippen LogP contribution in [0.3, 0.4) is 0 Å². The van der Waals surface area contributed by atoms with Crippen LogP contribution in [0.25, 0.3) is 0 Å². The number of carbonyl (C=O) groups excluding carboxylic acids is 1. The summed E-state index contributed by atoms with van der Waals surface area (Å²) < 4.78 is 0. The third-order valence-electron chi connectivity index (χ3n) is 3.91. The van der Waals surface area contributed by atoms with Gasteiger partial charge in [0.15, 0.2) is 0 Å². The number of nitrogens with zero attached hydrogens (tertiary/aromatic N) is 2. The molecule has 0 unspecified atom stereocenters. The minimum Gasteiger partial charge on any atom is -0.324 e. The lowest BCUT2D eigenvalue weighted by atomic mass is 9.94. The zero-order valence-electron chi connectivity index (χ0n) is 11.9. The Balaban J connectivity index is 1.90. The molecular formula is C16H21N3O. The van der Waals surface area contributed by atoms with Crippen molar-refractivity contribution in [3.05, 3.63) is 29.8 Å². The minimum absolute atomic E-state index is 0.0548. The van der Waals surface area contributed by atoms with Gasteiger partial charge in [0.25, 0.3) is 0 Å². The van der Waals surface area contributed by atoms with E-state index in [1.165, 1.54) is 32.1 Å². The number of carbonyl (C=O) groups is 1. The van der Waals surface area contributed by atoms with Gasteiger partial charge < -0.3 is 5.32 Å². The van der Waals surface area contributed by atoms with Crippen molar-refractivity contribution in [3.63, 3.8) is 0 Å². The number of rotatable bonds is 4. The third kappa shape index (κ3) is 3.82. The SMILES string of the molecule is CN(CC(=O)Nc1ccccc1C#N)C1CCCCC1. The second kappa shape index (κ2) is 7.06. The predicted molar refractivity (Wildman–Crippen MR) is 79.3 cm³/mol. The van der Waals surface area contributed by atoms with Crippen LogP contribution in [0.1, 0.15) is 37.7 Å². The fraction of sp³-hybridized carbons (Fsp3) is 0.500. The molecule has 2 rings (SSSR count). The molecule has 4 nitrogen and oxygen atoms in total. The van der Waals surface area contributed by atoms with E-state index < -0.39 is 0 Å². The Morgan fingerprint density at radius 3 is 2.75 bits per heavy atom. The average Bonchev–Trinajstić information content (AvgIpc) is 2.48. The summed E-state index contributed by atoms with van der Waals surface area (Å²) in [7, 11) is 2.01. The Morgan fingerprint density at radius 2 is 2.05 bits per heavy atom. The highest BCUT2D eigenvalue weighted by Crippen LogP contribution is 2.21. The topological polar surface area (TPSA) is 56.1 Å². The Morgan fingerprint density at radius 1 is 1.35 bits per heavy atom. The number of anilines is 1. The molecule has 0 aromatic heterocycles. The van der Waals surface area contributed by atoms with Crippen molar-refractivity contribution < 1.29 is 4.79 Å². The van der Waals surface area contributed by atoms with E-state index in [1.807, 2.05) is 13.1 Å². The first-order valence-corrected chi connectivity index (χ1v) is 7.20. The standard InChI is InChI=1S/C16H21N3O/c1-19(14-8-3-2-4-9-14)12-16(20)18-15-10-6-5-7-13(15)11-17/h5-7,10,14H,2-4,8-9,12H2,1H3,(H,18,20). The summed E-state index contributed by atoms with van der Waals surface area (Å²) in [6.45, 7) is 0.379. The van der Waals surface area contributed by atoms with Gasteiger partial charge in [0.1, 0.15) is 6.07 Å². The van der Waals surface area contributed by atoms with Crippen molar-refractivity contribution in [1.82, 2.24) is 4.90 Å². The Labute approximate surface area is 120 Å². The zero-order valence-corrected chi connectivity index (χ0v) is 11.9. The fourth-order valence-corrected chi connectivity index (χ4v) is 2.76. The van der Waals surface area contributed by atoms with Gasteiger partial charge in [-0.2, -0.15) is 5.26 Å². The van der Waals surface area contributed by atoms with Crippen molar-refractivity contribution in [2.75, 3.05) is 18.9 Å². The first-order valence-electron chi connectivity index (χ1n) is 7.20. The van der Waals surface area contributed by atoms with Crippen molar-refractivity contribution >= 4 is 11.6 Å². The van der Waals surface area contributed by atoms with E-state index in [9.17, 15) is 4.79 Å². The van der Waals surface area contributed by atoms with Crippen molar-refractivity contribution in [2.45, 2.75) is 38.1 Å². The maximum absolute atomic E-state index is 12.1. The van der Waals surface area contributed by atoms with E-state index in [1.54, 1.807) is 18.2 Å². The van der Waals surface area contributed by atoms with Crippen LogP contribution in [0.15, 0.2) is 24.3 Å². The smallest absolute Gasteiger partial charge is 0.238 e. The number of hydrogen-bond donors (Lipinski definition) is 1. The third-order valence-corrected chi connectivity index (χ3v) is 3.91. The average molecular weight is 271 g/mol. The predicted octanol–water partition coefficient (Wildman–Crippen LogP) is 2.76. The molecule has 4 heteroatoms. The molecule has 0 heterocycles. The van der Waals surface area contributed by atoms with Gasteiger partial charge in [-0.3, -0.25) is 9.69 Å². The van der Waals surface area contributed by atoms with Gasteiger partial charge in [-0.25, -0.2) is 0 Å². The van der Waals surface area contributed by atoms with Gasteiger partial charge >= 0.3 is 0 Å². The first kappa shape index (κ1) is 14.5. The monoisotopic (exact) mass is 271 g/mol. The lowest BCUT2D eigenvalue weighted by Gasteiger charge is -2.30. The Kier molecular flexibility index (Phi) is 5.14. The highest BCUT2D eigenvalue weighted by Gasteiger charge is 2.20. The second-order valence-corrected chi connectivity index (χ2v) is 5.41. The molecule has 1 aliphatic rings. The number of amides is 1. The highest BCUT2D eigenvalue weighted by molar-refractivity contribution is 5.93. The maximum atomic E-state index is 12.1. The van der Waals surface area contributed by atoms with Gasteiger partial charge in [-0.1, -0.05) is 31.4 Å². The molecule has 1 N–H and O–H groups in total. The van der Waals surface area contributed by atoms with Crippen LogP contribution in [-0.4, -0.2) is 30.4 Å². The molecule has 0 radical (unpaired) electrons. The summed E-state index contributed by atoms with van der Waals surface area (Å²) >= 11 is 0. The van der Waals surface area contributed by atoms with Gasteiger partial charge in [0, 0.05) is 6.04 Å². The molecule has 1 amide bonds. The zero-order chi connectivity index (χ0) is 14.4. The van der Waals surface area contributed by atoms with Gasteiger partial charge in [0.2, 0.25) is 5.91 Å². The lowest BCUT2D eigenvalue weighted by molar-refractivity contribution is -0.117. The van der Waals surface area contributed by atoms with Crippen LogP contribution in [0.2, 0.25) is 0 Å². The molecule has 1 saturated carbocycles. The molecule has 0 spiro atoms. The quantitative estimate of drug-likeness (QED) is 0.916. The van der Waals surface area contributed by atoms with E-state index >= 15 is 0 Å². The van der Waals surface area contributed by atoms with Gasteiger partial charge in [0.05, 0.1) is 17.8 Å². The molecule has 106 valence electrons. The number of likely N-dealkylation sites (N-methyl/N-ethyl adjacent to an activating group) is 1. The molecule has 0 aliphatic heterocycles. The number of nitriles is 1. The molecule has 0 atom stereocenters. The van der Waals surface area contributed by atoms with Crippen LogP contribution in [0.4, 0.5) is 5.69 Å². The molecule has 1 aromatic rings. The minimum atomic E-state index is -0.0548. The van der Waals surface area contributed by atoms with Crippen molar-refractivity contribution in [3.8, 4) is 6.07 Å². The van der Waals surface area contributed by atoms with Crippen molar-refractivity contribution in [2.24, 2.45) is 0 Å². The Hall–Kier alpha value is -1.86. The molecule has 0 saturated heterocycles. The molecule has 1 fully saturated rings. The summed E-state index contributed by atoms with van der Waals surface area (Å²) in [5.74, 6) is -0.0548. The van der Waals surface area contributed by atoms with E-state index in [4.69, 9.17) is 5.26 Å². The second-order valence-electron chi connectivity index (χ2n) is 5.41. The van der Waals surface area contributed by atoms with Crippen LogP contribution in [-0.2, 0) is 4.79 Å². The fourth-order valence-electron chi connectivity index (χ4n) is 2.76. The van der Waals surface area contributed by atoms with Crippen LogP contribution < -0.4 is 5.32 Å². The van der Waals surface area contributed by atoms with E-state index in [0.717, 1.165) is 0 Å². The highest BCUT2D eigenvalue weighted by atomic mass is 16.2. The summed E-state index contributed by atoms with van der Waals surface area (Å²) in [6.07, 6.45) is 6.19. The molecule has 20 heavy (non-hydrogen) atoms. The summed E-state index contributed by atoms with van der Waals surface area (Å²) in [5, 5.41) is 11.8. The molecule has 1 aliphatic carbocycles. The number of benzene rings is 1. The van der Waals surface area contributed by atoms with E-state index in [2.05, 4.69) is 16.3 Å². The molecular weight excluding hydrogens is 250 g/mol. The van der Waals surface area contributed by atoms with Crippen LogP contribution in [0.5, 0.6) is 0 Å². The normalized spacial score (nSPS) is 15.8. The number of nitrogens with one attached hydrogen (secondary N) is 1. The van der Waals surface area contributed by atoms with Crippen LogP contribution in [0, 0.1) is 11.3 Å². The maximum Gasteiger partial charge on any atom is 0.238 e. The van der Waals surface area contributed by atoms with Gasteiger partial charge in [-0.15, -0.1) is 0 Å². The van der Waals surface area contributed by atoms with E-state index in [-0.39, 0.29) is 5.91 Å². The summed E-state index contributed by atoms with van der Waals surface area (Å²) in [4.78, 5) is 14.2. The Bertz CT molecular complexity index is 501. The van der Waals surface area contributed by atoms with E-state index in [0.29, 0.717) is 23.8 Å². The largest absolute Gasteiger partial charge is 0.324 e.